The van der Waals surface area contributed by atoms with E-state index in [1.165, 1.54) is 44.9 Å². The van der Waals surface area contributed by atoms with Crippen molar-refractivity contribution in [3.05, 3.63) is 11.6 Å². The van der Waals surface area contributed by atoms with Gasteiger partial charge in [0.25, 0.3) is 0 Å². The Labute approximate surface area is 148 Å². The van der Waals surface area contributed by atoms with Crippen molar-refractivity contribution in [2.24, 2.45) is 28.6 Å². The van der Waals surface area contributed by atoms with Gasteiger partial charge in [-0.1, -0.05) is 25.5 Å². The second-order valence-corrected chi connectivity index (χ2v) is 9.92. The zero-order valence-corrected chi connectivity index (χ0v) is 16.1. The molecule has 24 heavy (non-hydrogen) atoms. The molecule has 3 saturated carbocycles. The molecule has 1 N–H and O–H groups in total. The van der Waals surface area contributed by atoms with Gasteiger partial charge in [-0.2, -0.15) is 0 Å². The summed E-state index contributed by atoms with van der Waals surface area (Å²) in [4.78, 5) is 0. The quantitative estimate of drug-likeness (QED) is 0.713. The second kappa shape index (κ2) is 5.84. The maximum atomic E-state index is 10.6. The highest BCUT2D eigenvalue weighted by atomic mass is 16.5. The molecular weight excluding hydrogens is 296 g/mol. The average molecular weight is 333 g/mol. The van der Waals surface area contributed by atoms with Crippen LogP contribution in [0.5, 0.6) is 0 Å². The molecule has 4 rings (SSSR count). The molecule has 0 heterocycles. The number of hydrogen-bond donors (Lipinski definition) is 1. The number of hydrogen-bond acceptors (Lipinski definition) is 2. The molecule has 2 heteroatoms. The Morgan fingerprint density at radius 2 is 1.83 bits per heavy atom. The van der Waals surface area contributed by atoms with E-state index in [9.17, 15) is 5.11 Å². The highest BCUT2D eigenvalue weighted by Crippen LogP contribution is 2.65. The number of rotatable bonds is 2. The number of aliphatic hydroxyl groups is 1. The predicted molar refractivity (Wildman–Crippen MR) is 97.7 cm³/mol. The Hall–Kier alpha value is -0.340. The number of ether oxygens (including phenoxy) is 1. The topological polar surface area (TPSA) is 29.5 Å². The highest BCUT2D eigenvalue weighted by Gasteiger charge is 2.58. The van der Waals surface area contributed by atoms with E-state index in [1.54, 1.807) is 5.57 Å². The van der Waals surface area contributed by atoms with E-state index >= 15 is 0 Å². The van der Waals surface area contributed by atoms with Gasteiger partial charge in [0.1, 0.15) is 0 Å². The van der Waals surface area contributed by atoms with E-state index in [1.807, 2.05) is 0 Å². The SMILES string of the molecule is CC(C)O[C@@H]1C=C2CCC3C(CCC4(C)C(O)CCC34)C2(C)CC1. The lowest BCUT2D eigenvalue weighted by Crippen LogP contribution is -2.51. The highest BCUT2D eigenvalue weighted by molar-refractivity contribution is 5.25. The average Bonchev–Trinajstić information content (AvgIpc) is 2.83. The fourth-order valence-electron chi connectivity index (χ4n) is 7.13. The van der Waals surface area contributed by atoms with E-state index in [0.29, 0.717) is 17.6 Å². The van der Waals surface area contributed by atoms with Crippen LogP contribution in [0, 0.1) is 28.6 Å². The summed E-state index contributed by atoms with van der Waals surface area (Å²) in [7, 11) is 0. The number of fused-ring (bicyclic) bond motifs is 5. The minimum Gasteiger partial charge on any atom is -0.393 e. The molecule has 4 aliphatic carbocycles. The molecule has 2 nitrogen and oxygen atoms in total. The van der Waals surface area contributed by atoms with Crippen molar-refractivity contribution in [3.8, 4) is 0 Å². The third-order valence-electron chi connectivity index (χ3n) is 8.47. The van der Waals surface area contributed by atoms with Crippen molar-refractivity contribution >= 4 is 0 Å². The van der Waals surface area contributed by atoms with E-state index in [0.717, 1.165) is 24.2 Å². The summed E-state index contributed by atoms with van der Waals surface area (Å²) in [5.41, 5.74) is 2.30. The Morgan fingerprint density at radius 3 is 2.58 bits per heavy atom. The lowest BCUT2D eigenvalue weighted by atomic mass is 9.47. The van der Waals surface area contributed by atoms with Crippen LogP contribution < -0.4 is 0 Å². The minimum atomic E-state index is -0.0524. The molecular formula is C22H36O2. The fourth-order valence-corrected chi connectivity index (χ4v) is 7.13. The van der Waals surface area contributed by atoms with Crippen molar-refractivity contribution < 1.29 is 9.84 Å². The van der Waals surface area contributed by atoms with Crippen LogP contribution in [-0.2, 0) is 4.74 Å². The molecule has 136 valence electrons. The zero-order chi connectivity index (χ0) is 17.1. The summed E-state index contributed by atoms with van der Waals surface area (Å²) in [6.45, 7) is 9.23. The fraction of sp³-hybridized carbons (Fsp3) is 0.909. The van der Waals surface area contributed by atoms with E-state index in [-0.39, 0.29) is 11.5 Å². The molecule has 3 fully saturated rings. The van der Waals surface area contributed by atoms with E-state index in [4.69, 9.17) is 4.74 Å². The molecule has 0 amide bonds. The summed E-state index contributed by atoms with van der Waals surface area (Å²) in [6.07, 6.45) is 13.0. The van der Waals surface area contributed by atoms with Crippen molar-refractivity contribution in [1.82, 2.24) is 0 Å². The van der Waals surface area contributed by atoms with Crippen LogP contribution >= 0.6 is 0 Å². The Morgan fingerprint density at radius 1 is 1.04 bits per heavy atom. The molecule has 0 aromatic carbocycles. The van der Waals surface area contributed by atoms with Crippen LogP contribution in [0.15, 0.2) is 11.6 Å². The van der Waals surface area contributed by atoms with Crippen molar-refractivity contribution in [1.29, 1.82) is 0 Å². The van der Waals surface area contributed by atoms with Crippen molar-refractivity contribution in [2.75, 3.05) is 0 Å². The van der Waals surface area contributed by atoms with Crippen LogP contribution in [0.4, 0.5) is 0 Å². The van der Waals surface area contributed by atoms with Crippen molar-refractivity contribution in [3.63, 3.8) is 0 Å². The largest absolute Gasteiger partial charge is 0.393 e. The maximum Gasteiger partial charge on any atom is 0.0762 e. The first-order valence-electron chi connectivity index (χ1n) is 10.4. The monoisotopic (exact) mass is 332 g/mol. The van der Waals surface area contributed by atoms with Gasteiger partial charge in [0.15, 0.2) is 0 Å². The molecule has 0 aromatic heterocycles. The van der Waals surface area contributed by atoms with Gasteiger partial charge in [-0.3, -0.25) is 0 Å². The van der Waals surface area contributed by atoms with Crippen molar-refractivity contribution in [2.45, 2.75) is 97.4 Å². The summed E-state index contributed by atoms with van der Waals surface area (Å²) >= 11 is 0. The lowest BCUT2D eigenvalue weighted by Gasteiger charge is -2.58. The van der Waals surface area contributed by atoms with E-state index < -0.39 is 0 Å². The lowest BCUT2D eigenvalue weighted by molar-refractivity contribution is -0.0796. The summed E-state index contributed by atoms with van der Waals surface area (Å²) in [6, 6.07) is 0. The molecule has 0 bridgehead atoms. The van der Waals surface area contributed by atoms with Crippen LogP contribution in [0.3, 0.4) is 0 Å². The molecule has 0 saturated heterocycles. The normalized spacial score (nSPS) is 50.9. The smallest absolute Gasteiger partial charge is 0.0762 e. The van der Waals surface area contributed by atoms with Gasteiger partial charge in [-0.25, -0.2) is 0 Å². The number of aliphatic hydroxyl groups excluding tert-OH is 1. The molecule has 0 aromatic rings. The molecule has 0 aliphatic heterocycles. The third-order valence-corrected chi connectivity index (χ3v) is 8.47. The maximum absolute atomic E-state index is 10.6. The van der Waals surface area contributed by atoms with Gasteiger partial charge in [-0.05, 0) is 93.8 Å². The third kappa shape index (κ3) is 2.43. The van der Waals surface area contributed by atoms with Crippen LogP contribution in [0.25, 0.3) is 0 Å². The summed E-state index contributed by atoms with van der Waals surface area (Å²) < 4.78 is 6.11. The molecule has 4 aliphatic rings. The van der Waals surface area contributed by atoms with Gasteiger partial charge < -0.3 is 9.84 Å². The molecule has 0 spiro atoms. The minimum absolute atomic E-state index is 0.0524. The van der Waals surface area contributed by atoms with Gasteiger partial charge in [-0.15, -0.1) is 0 Å². The first kappa shape index (κ1) is 17.1. The Balaban J connectivity index is 1.59. The van der Waals surface area contributed by atoms with Crippen LogP contribution in [-0.4, -0.2) is 23.4 Å². The van der Waals surface area contributed by atoms with Gasteiger partial charge in [0, 0.05) is 0 Å². The molecule has 0 radical (unpaired) electrons. The van der Waals surface area contributed by atoms with E-state index in [2.05, 4.69) is 33.8 Å². The van der Waals surface area contributed by atoms with Crippen LogP contribution in [0.1, 0.15) is 79.1 Å². The predicted octanol–water partition coefficient (Wildman–Crippen LogP) is 5.10. The summed E-state index contributed by atoms with van der Waals surface area (Å²) in [5, 5.41) is 10.6. The molecule has 6 unspecified atom stereocenters. The number of allylic oxidation sites excluding steroid dienone is 1. The van der Waals surface area contributed by atoms with Gasteiger partial charge >= 0.3 is 0 Å². The van der Waals surface area contributed by atoms with Crippen LogP contribution in [0.2, 0.25) is 0 Å². The second-order valence-electron chi connectivity index (χ2n) is 9.92. The standard InChI is InChI=1S/C22H36O2/c1-14(2)24-16-9-11-21(3)15(13-16)5-6-17-18-7-8-20(23)22(18,4)12-10-19(17)21/h13-14,16-20,23H,5-12H2,1-4H3/t16-,17?,18?,19?,20?,21?,22?/m0/s1. The summed E-state index contributed by atoms with van der Waals surface area (Å²) in [5.74, 6) is 2.43. The molecule has 7 atom stereocenters. The Kier molecular flexibility index (Phi) is 4.16. The first-order valence-corrected chi connectivity index (χ1v) is 10.4. The van der Waals surface area contributed by atoms with Gasteiger partial charge in [0.2, 0.25) is 0 Å². The zero-order valence-electron chi connectivity index (χ0n) is 16.1. The Bertz CT molecular complexity index is 524. The first-order chi connectivity index (χ1) is 11.3. The van der Waals surface area contributed by atoms with Gasteiger partial charge in [0.05, 0.1) is 18.3 Å².